The van der Waals surface area contributed by atoms with Crippen molar-refractivity contribution < 1.29 is 14.3 Å². The summed E-state index contributed by atoms with van der Waals surface area (Å²) in [5.41, 5.74) is 4.69. The summed E-state index contributed by atoms with van der Waals surface area (Å²) in [6, 6.07) is 13.0. The van der Waals surface area contributed by atoms with Gasteiger partial charge in [0.1, 0.15) is 18.9 Å². The summed E-state index contributed by atoms with van der Waals surface area (Å²) in [6.45, 7) is 6.87. The van der Waals surface area contributed by atoms with E-state index in [1.165, 1.54) is 0 Å². The van der Waals surface area contributed by atoms with Crippen molar-refractivity contribution in [1.29, 1.82) is 0 Å². The van der Waals surface area contributed by atoms with Crippen molar-refractivity contribution in [2.24, 2.45) is 0 Å². The van der Waals surface area contributed by atoms with Gasteiger partial charge in [-0.1, -0.05) is 18.2 Å². The Morgan fingerprint density at radius 3 is 2.41 bits per heavy atom. The molecule has 0 aliphatic carbocycles. The van der Waals surface area contributed by atoms with Crippen molar-refractivity contribution in [2.75, 3.05) is 23.8 Å². The topological polar surface area (TPSA) is 85.4 Å². The van der Waals surface area contributed by atoms with Gasteiger partial charge in [0.25, 0.3) is 5.91 Å². The second-order valence-corrected chi connectivity index (χ2v) is 6.92. The largest absolute Gasteiger partial charge is 0.486 e. The number of ether oxygens (including phenoxy) is 2. The van der Waals surface area contributed by atoms with Gasteiger partial charge in [0.15, 0.2) is 11.5 Å². The summed E-state index contributed by atoms with van der Waals surface area (Å²) in [6.07, 6.45) is 0. The Morgan fingerprint density at radius 1 is 0.931 bits per heavy atom. The number of aryl methyl sites for hydroxylation is 3. The molecule has 148 valence electrons. The van der Waals surface area contributed by atoms with E-state index in [0.717, 1.165) is 16.8 Å². The van der Waals surface area contributed by atoms with Crippen LogP contribution in [0.1, 0.15) is 27.3 Å². The standard InChI is InChI=1S/C22H22N4O3/c1-13-5-4-6-14(2)20(13)26-22-23-15(3)11-17(25-22)21(27)24-16-7-8-18-19(12-16)29-10-9-28-18/h4-8,11-12H,9-10H2,1-3H3,(H,24,27)(H,23,25,26). The molecule has 0 radical (unpaired) electrons. The highest BCUT2D eigenvalue weighted by molar-refractivity contribution is 6.03. The van der Waals surface area contributed by atoms with Crippen LogP contribution in [-0.2, 0) is 0 Å². The maximum absolute atomic E-state index is 12.8. The molecule has 1 aliphatic heterocycles. The first-order chi connectivity index (χ1) is 14.0. The highest BCUT2D eigenvalue weighted by atomic mass is 16.6. The molecule has 2 heterocycles. The van der Waals surface area contributed by atoms with Crippen LogP contribution in [0.5, 0.6) is 11.5 Å². The van der Waals surface area contributed by atoms with Gasteiger partial charge in [0.2, 0.25) is 5.95 Å². The van der Waals surface area contributed by atoms with Crippen LogP contribution in [0.3, 0.4) is 0 Å². The number of amides is 1. The molecular weight excluding hydrogens is 368 g/mol. The van der Waals surface area contributed by atoms with Gasteiger partial charge in [-0.05, 0) is 50.1 Å². The Kier molecular flexibility index (Phi) is 5.03. The van der Waals surface area contributed by atoms with Gasteiger partial charge in [-0.2, -0.15) is 0 Å². The number of nitrogens with one attached hydrogen (secondary N) is 2. The van der Waals surface area contributed by atoms with E-state index in [0.29, 0.717) is 42.0 Å². The minimum Gasteiger partial charge on any atom is -0.486 e. The summed E-state index contributed by atoms with van der Waals surface area (Å²) in [4.78, 5) is 21.6. The van der Waals surface area contributed by atoms with Crippen LogP contribution in [0.2, 0.25) is 0 Å². The third-order valence-corrected chi connectivity index (χ3v) is 4.60. The van der Waals surface area contributed by atoms with Crippen LogP contribution < -0.4 is 20.1 Å². The molecule has 0 unspecified atom stereocenters. The van der Waals surface area contributed by atoms with Crippen LogP contribution in [0.4, 0.5) is 17.3 Å². The van der Waals surface area contributed by atoms with Crippen molar-refractivity contribution in [3.63, 3.8) is 0 Å². The van der Waals surface area contributed by atoms with Crippen molar-refractivity contribution >= 4 is 23.2 Å². The molecule has 7 nitrogen and oxygen atoms in total. The molecule has 0 atom stereocenters. The monoisotopic (exact) mass is 390 g/mol. The minimum atomic E-state index is -0.322. The number of rotatable bonds is 4. The number of aromatic nitrogens is 2. The molecule has 7 heteroatoms. The van der Waals surface area contributed by atoms with Crippen molar-refractivity contribution in [1.82, 2.24) is 9.97 Å². The molecule has 1 aliphatic rings. The maximum atomic E-state index is 12.8. The number of para-hydroxylation sites is 1. The summed E-state index contributed by atoms with van der Waals surface area (Å²) in [5, 5.41) is 6.10. The van der Waals surface area contributed by atoms with Gasteiger partial charge in [-0.3, -0.25) is 4.79 Å². The van der Waals surface area contributed by atoms with Crippen LogP contribution in [0, 0.1) is 20.8 Å². The molecule has 1 amide bonds. The molecular formula is C22H22N4O3. The minimum absolute atomic E-state index is 0.279. The molecule has 0 saturated heterocycles. The average molecular weight is 390 g/mol. The molecule has 0 fully saturated rings. The quantitative estimate of drug-likeness (QED) is 0.695. The lowest BCUT2D eigenvalue weighted by molar-refractivity contribution is 0.102. The Bertz CT molecular complexity index is 1060. The van der Waals surface area contributed by atoms with Crippen molar-refractivity contribution in [2.45, 2.75) is 20.8 Å². The van der Waals surface area contributed by atoms with Gasteiger partial charge in [-0.25, -0.2) is 9.97 Å². The predicted molar refractivity (Wildman–Crippen MR) is 111 cm³/mol. The molecule has 0 bridgehead atoms. The van der Waals surface area contributed by atoms with Crippen LogP contribution in [0.25, 0.3) is 0 Å². The maximum Gasteiger partial charge on any atom is 0.274 e. The number of hydrogen-bond acceptors (Lipinski definition) is 6. The predicted octanol–water partition coefficient (Wildman–Crippen LogP) is 4.17. The molecule has 29 heavy (non-hydrogen) atoms. The van der Waals surface area contributed by atoms with E-state index in [1.807, 2.05) is 39.0 Å². The van der Waals surface area contributed by atoms with Gasteiger partial charge >= 0.3 is 0 Å². The smallest absolute Gasteiger partial charge is 0.274 e. The number of benzene rings is 2. The number of anilines is 3. The third-order valence-electron chi connectivity index (χ3n) is 4.60. The third kappa shape index (κ3) is 4.13. The van der Waals surface area contributed by atoms with E-state index in [2.05, 4.69) is 20.6 Å². The van der Waals surface area contributed by atoms with E-state index >= 15 is 0 Å². The van der Waals surface area contributed by atoms with Gasteiger partial charge in [-0.15, -0.1) is 0 Å². The molecule has 1 aromatic heterocycles. The van der Waals surface area contributed by atoms with E-state index in [9.17, 15) is 4.79 Å². The highest BCUT2D eigenvalue weighted by Gasteiger charge is 2.15. The summed E-state index contributed by atoms with van der Waals surface area (Å²) >= 11 is 0. The van der Waals surface area contributed by atoms with Gasteiger partial charge in [0, 0.05) is 23.1 Å². The van der Waals surface area contributed by atoms with E-state index in [4.69, 9.17) is 9.47 Å². The number of nitrogens with zero attached hydrogens (tertiary/aromatic N) is 2. The molecule has 0 saturated carbocycles. The fourth-order valence-corrected chi connectivity index (χ4v) is 3.18. The molecule has 2 aromatic carbocycles. The lowest BCUT2D eigenvalue weighted by atomic mass is 10.1. The summed E-state index contributed by atoms with van der Waals surface area (Å²) < 4.78 is 11.1. The van der Waals surface area contributed by atoms with E-state index in [-0.39, 0.29) is 11.6 Å². The van der Waals surface area contributed by atoms with Crippen LogP contribution in [-0.4, -0.2) is 29.1 Å². The molecule has 4 rings (SSSR count). The van der Waals surface area contributed by atoms with Gasteiger partial charge < -0.3 is 20.1 Å². The zero-order valence-electron chi connectivity index (χ0n) is 16.6. The fourth-order valence-electron chi connectivity index (χ4n) is 3.18. The lowest BCUT2D eigenvalue weighted by Gasteiger charge is -2.19. The Hall–Kier alpha value is -3.61. The molecule has 2 N–H and O–H groups in total. The molecule has 3 aromatic rings. The number of fused-ring (bicyclic) bond motifs is 1. The van der Waals surface area contributed by atoms with E-state index < -0.39 is 0 Å². The Labute approximate surface area is 169 Å². The lowest BCUT2D eigenvalue weighted by Crippen LogP contribution is -2.17. The zero-order valence-corrected chi connectivity index (χ0v) is 16.6. The highest BCUT2D eigenvalue weighted by Crippen LogP contribution is 2.32. The normalized spacial score (nSPS) is 12.4. The fraction of sp³-hybridized carbons (Fsp3) is 0.227. The van der Waals surface area contributed by atoms with Gasteiger partial charge in [0.05, 0.1) is 0 Å². The second kappa shape index (κ2) is 7.79. The van der Waals surface area contributed by atoms with Crippen molar-refractivity contribution in [3.8, 4) is 11.5 Å². The first-order valence-corrected chi connectivity index (χ1v) is 9.39. The number of hydrogen-bond donors (Lipinski definition) is 2. The van der Waals surface area contributed by atoms with Crippen LogP contribution >= 0.6 is 0 Å². The first-order valence-electron chi connectivity index (χ1n) is 9.39. The second-order valence-electron chi connectivity index (χ2n) is 6.92. The summed E-state index contributed by atoms with van der Waals surface area (Å²) in [5.74, 6) is 1.35. The molecule has 0 spiro atoms. The van der Waals surface area contributed by atoms with Crippen LogP contribution in [0.15, 0.2) is 42.5 Å². The number of carbonyl (C=O) groups is 1. The number of carbonyl (C=O) groups excluding carboxylic acids is 1. The SMILES string of the molecule is Cc1cc(C(=O)Nc2ccc3c(c2)OCCO3)nc(Nc2c(C)cccc2C)n1. The Morgan fingerprint density at radius 2 is 1.66 bits per heavy atom. The van der Waals surface area contributed by atoms with Crippen molar-refractivity contribution in [3.05, 3.63) is 65.0 Å². The summed E-state index contributed by atoms with van der Waals surface area (Å²) in [7, 11) is 0. The zero-order chi connectivity index (χ0) is 20.4. The van der Waals surface area contributed by atoms with E-state index in [1.54, 1.807) is 24.3 Å². The average Bonchev–Trinajstić information content (AvgIpc) is 2.70. The Balaban J connectivity index is 1.56. The first kappa shape index (κ1) is 18.7.